The molecule has 1 amide bonds. The maximum atomic E-state index is 13.0. The van der Waals surface area contributed by atoms with Crippen molar-refractivity contribution in [2.45, 2.75) is 32.4 Å². The van der Waals surface area contributed by atoms with Crippen LogP contribution in [0.25, 0.3) is 0 Å². The van der Waals surface area contributed by atoms with Crippen LogP contribution in [0.2, 0.25) is 0 Å². The van der Waals surface area contributed by atoms with Crippen LogP contribution in [0.4, 0.5) is 4.39 Å². The third-order valence-corrected chi connectivity index (χ3v) is 3.17. The van der Waals surface area contributed by atoms with Gasteiger partial charge in [0.2, 0.25) is 0 Å². The van der Waals surface area contributed by atoms with Crippen LogP contribution in [0.5, 0.6) is 0 Å². The second-order valence-electron chi connectivity index (χ2n) is 6.09. The third kappa shape index (κ3) is 3.58. The molecule has 1 aliphatic heterocycles. The van der Waals surface area contributed by atoms with Crippen molar-refractivity contribution in [1.82, 2.24) is 5.32 Å². The Balaban J connectivity index is 2.34. The van der Waals surface area contributed by atoms with Crippen molar-refractivity contribution in [3.63, 3.8) is 0 Å². The largest absolute Gasteiger partial charge is 0.364 e. The maximum Gasteiger partial charge on any atom is 0.250 e. The average molecular weight is 289 g/mol. The molecule has 2 rings (SSSR count). The summed E-state index contributed by atoms with van der Waals surface area (Å²) in [4.78, 5) is 12.5. The van der Waals surface area contributed by atoms with Gasteiger partial charge in [0.15, 0.2) is 0 Å². The van der Waals surface area contributed by atoms with Crippen LogP contribution in [0.3, 0.4) is 0 Å². The smallest absolute Gasteiger partial charge is 0.250 e. The van der Waals surface area contributed by atoms with E-state index in [1.807, 2.05) is 20.8 Å². The van der Waals surface area contributed by atoms with E-state index >= 15 is 0 Å². The Hall–Kier alpha value is -1.94. The predicted molar refractivity (Wildman–Crippen MR) is 80.2 cm³/mol. The monoisotopic (exact) mass is 289 g/mol. The van der Waals surface area contributed by atoms with Crippen LogP contribution in [0.1, 0.15) is 32.4 Å². The van der Waals surface area contributed by atoms with Gasteiger partial charge in [0.25, 0.3) is 5.91 Å². The Morgan fingerprint density at radius 2 is 2.00 bits per heavy atom. The predicted octanol–water partition coefficient (Wildman–Crippen LogP) is 3.29. The molecule has 1 aliphatic rings. The second kappa shape index (κ2) is 5.82. The fourth-order valence-electron chi connectivity index (χ4n) is 2.24. The molecule has 1 unspecified atom stereocenters. The van der Waals surface area contributed by atoms with Crippen LogP contribution in [-0.2, 0) is 9.53 Å². The van der Waals surface area contributed by atoms with Gasteiger partial charge in [0, 0.05) is 5.54 Å². The molecule has 0 spiro atoms. The molecule has 21 heavy (non-hydrogen) atoms. The Labute approximate surface area is 124 Å². The van der Waals surface area contributed by atoms with E-state index in [0.717, 1.165) is 11.1 Å². The van der Waals surface area contributed by atoms with Gasteiger partial charge in [-0.25, -0.2) is 4.39 Å². The van der Waals surface area contributed by atoms with Crippen molar-refractivity contribution in [1.29, 1.82) is 0 Å². The number of hydrogen-bond acceptors (Lipinski definition) is 2. The summed E-state index contributed by atoms with van der Waals surface area (Å²) in [5, 5.41) is 2.94. The molecule has 0 fully saturated rings. The van der Waals surface area contributed by atoms with Crippen LogP contribution in [-0.4, -0.2) is 18.1 Å². The summed E-state index contributed by atoms with van der Waals surface area (Å²) in [6.45, 7) is 9.82. The number of rotatable bonds is 3. The molecule has 1 aromatic carbocycles. The molecule has 1 N–H and O–H groups in total. The number of carbonyl (C=O) groups excluding carboxylic acids is 1. The van der Waals surface area contributed by atoms with E-state index in [9.17, 15) is 9.18 Å². The summed E-state index contributed by atoms with van der Waals surface area (Å²) in [5.74, 6) is -0.491. The van der Waals surface area contributed by atoms with Crippen molar-refractivity contribution < 1.29 is 13.9 Å². The van der Waals surface area contributed by atoms with Crippen LogP contribution in [0, 0.1) is 5.82 Å². The zero-order valence-corrected chi connectivity index (χ0v) is 12.6. The highest BCUT2D eigenvalue weighted by molar-refractivity contribution is 5.97. The van der Waals surface area contributed by atoms with Gasteiger partial charge in [0.05, 0.1) is 12.2 Å². The number of nitrogens with one attached hydrogen (secondary N) is 1. The van der Waals surface area contributed by atoms with Gasteiger partial charge in [-0.15, -0.1) is 0 Å². The molecular formula is C17H20FNO2. The summed E-state index contributed by atoms with van der Waals surface area (Å²) in [5.41, 5.74) is 1.73. The first-order valence-corrected chi connectivity index (χ1v) is 6.87. The Bertz CT molecular complexity index is 582. The van der Waals surface area contributed by atoms with Crippen molar-refractivity contribution in [3.05, 3.63) is 59.4 Å². The molecule has 0 saturated carbocycles. The van der Waals surface area contributed by atoms with E-state index in [2.05, 4.69) is 11.9 Å². The van der Waals surface area contributed by atoms with Gasteiger partial charge in [-0.3, -0.25) is 4.79 Å². The fourth-order valence-corrected chi connectivity index (χ4v) is 2.24. The first-order valence-electron chi connectivity index (χ1n) is 6.87. The van der Waals surface area contributed by atoms with E-state index in [4.69, 9.17) is 4.74 Å². The minimum atomic E-state index is -0.485. The quantitative estimate of drug-likeness (QED) is 0.927. The highest BCUT2D eigenvalue weighted by Crippen LogP contribution is 2.35. The number of carbonyl (C=O) groups is 1. The highest BCUT2D eigenvalue weighted by atomic mass is 19.1. The van der Waals surface area contributed by atoms with Crippen molar-refractivity contribution in [3.8, 4) is 0 Å². The molecule has 112 valence electrons. The topological polar surface area (TPSA) is 38.3 Å². The minimum Gasteiger partial charge on any atom is -0.364 e. The second-order valence-corrected chi connectivity index (χ2v) is 6.09. The van der Waals surface area contributed by atoms with E-state index < -0.39 is 6.10 Å². The molecule has 0 saturated heterocycles. The number of hydrogen-bond donors (Lipinski definition) is 1. The summed E-state index contributed by atoms with van der Waals surface area (Å²) in [6.07, 6.45) is 1.15. The molecule has 0 bridgehead atoms. The van der Waals surface area contributed by atoms with E-state index in [-0.39, 0.29) is 17.3 Å². The molecule has 1 aromatic rings. The number of benzene rings is 1. The van der Waals surface area contributed by atoms with E-state index in [1.54, 1.807) is 18.2 Å². The van der Waals surface area contributed by atoms with Gasteiger partial charge in [-0.05, 0) is 44.0 Å². The lowest BCUT2D eigenvalue weighted by atomic mass is 9.97. The molecule has 3 nitrogen and oxygen atoms in total. The third-order valence-electron chi connectivity index (χ3n) is 3.17. The van der Waals surface area contributed by atoms with Crippen LogP contribution < -0.4 is 5.32 Å². The van der Waals surface area contributed by atoms with Crippen LogP contribution in [0.15, 0.2) is 48.1 Å². The number of halogens is 1. The van der Waals surface area contributed by atoms with E-state index in [1.165, 1.54) is 12.1 Å². The first kappa shape index (κ1) is 15.4. The lowest BCUT2D eigenvalue weighted by Crippen LogP contribution is -2.42. The van der Waals surface area contributed by atoms with Gasteiger partial charge in [0.1, 0.15) is 11.9 Å². The van der Waals surface area contributed by atoms with Gasteiger partial charge in [-0.1, -0.05) is 24.8 Å². The fraction of sp³-hybridized carbons (Fsp3) is 0.353. The Kier molecular flexibility index (Phi) is 4.28. The number of amides is 1. The van der Waals surface area contributed by atoms with Crippen LogP contribution >= 0.6 is 0 Å². The molecular weight excluding hydrogens is 269 g/mol. The Morgan fingerprint density at radius 1 is 1.38 bits per heavy atom. The maximum absolute atomic E-state index is 13.0. The molecule has 0 aliphatic carbocycles. The summed E-state index contributed by atoms with van der Waals surface area (Å²) >= 11 is 0. The van der Waals surface area contributed by atoms with Gasteiger partial charge < -0.3 is 10.1 Å². The van der Waals surface area contributed by atoms with E-state index in [0.29, 0.717) is 12.2 Å². The van der Waals surface area contributed by atoms with Crippen molar-refractivity contribution in [2.24, 2.45) is 0 Å². The lowest BCUT2D eigenvalue weighted by Gasteiger charge is -2.23. The molecule has 4 heteroatoms. The van der Waals surface area contributed by atoms with Gasteiger partial charge in [-0.2, -0.15) is 0 Å². The SMILES string of the molecule is C=CC1=C(C(=O)NC(C)(C)C)C(c2ccc(F)cc2)OC1. The average Bonchev–Trinajstić information content (AvgIpc) is 2.81. The highest BCUT2D eigenvalue weighted by Gasteiger charge is 2.33. The van der Waals surface area contributed by atoms with Crippen molar-refractivity contribution in [2.75, 3.05) is 6.61 Å². The van der Waals surface area contributed by atoms with Crippen molar-refractivity contribution >= 4 is 5.91 Å². The summed E-state index contributed by atoms with van der Waals surface area (Å²) in [7, 11) is 0. The van der Waals surface area contributed by atoms with Gasteiger partial charge >= 0.3 is 0 Å². The zero-order valence-electron chi connectivity index (χ0n) is 12.6. The summed E-state index contributed by atoms with van der Waals surface area (Å²) in [6, 6.07) is 6.00. The lowest BCUT2D eigenvalue weighted by molar-refractivity contribution is -0.119. The molecule has 0 radical (unpaired) electrons. The zero-order chi connectivity index (χ0) is 15.6. The molecule has 0 aromatic heterocycles. The Morgan fingerprint density at radius 3 is 2.52 bits per heavy atom. The molecule has 1 atom stereocenters. The standard InChI is InChI=1S/C17H20FNO2/c1-5-11-10-21-15(12-6-8-13(18)9-7-12)14(11)16(20)19-17(2,3)4/h5-9,15H,1,10H2,2-4H3,(H,19,20). The first-order chi connectivity index (χ1) is 9.81. The normalized spacial score (nSPS) is 18.8. The minimum absolute atomic E-state index is 0.177. The molecule has 1 heterocycles. The number of ether oxygens (including phenoxy) is 1. The summed E-state index contributed by atoms with van der Waals surface area (Å²) < 4.78 is 18.7.